The molecule has 31 heavy (non-hydrogen) atoms. The summed E-state index contributed by atoms with van der Waals surface area (Å²) in [6.07, 6.45) is 1.75. The molecular weight excluding hydrogens is 400 g/mol. The SMILES string of the molecule is COC(=O)/C(O)=C/C(=O)c1cn(Cc2ccccc2)c(=O)n(Cc2ccccc2)c1=O. The van der Waals surface area contributed by atoms with Crippen LogP contribution in [0.1, 0.15) is 21.5 Å². The molecule has 158 valence electrons. The maximum absolute atomic E-state index is 13.0. The van der Waals surface area contributed by atoms with Gasteiger partial charge in [-0.25, -0.2) is 9.59 Å². The molecule has 0 saturated heterocycles. The summed E-state index contributed by atoms with van der Waals surface area (Å²) >= 11 is 0. The Kier molecular flexibility index (Phi) is 6.61. The number of benzene rings is 2. The number of carbonyl (C=O) groups is 2. The summed E-state index contributed by atoms with van der Waals surface area (Å²) in [5.74, 6) is -2.98. The van der Waals surface area contributed by atoms with Crippen molar-refractivity contribution in [3.8, 4) is 0 Å². The van der Waals surface area contributed by atoms with Crippen LogP contribution in [0.3, 0.4) is 0 Å². The van der Waals surface area contributed by atoms with Crippen molar-refractivity contribution in [2.75, 3.05) is 7.11 Å². The van der Waals surface area contributed by atoms with E-state index in [4.69, 9.17) is 0 Å². The number of carbonyl (C=O) groups excluding carboxylic acids is 2. The van der Waals surface area contributed by atoms with E-state index < -0.39 is 28.8 Å². The van der Waals surface area contributed by atoms with E-state index in [1.807, 2.05) is 30.3 Å². The van der Waals surface area contributed by atoms with Gasteiger partial charge in [0.2, 0.25) is 5.76 Å². The third-order valence-electron chi connectivity index (χ3n) is 4.54. The summed E-state index contributed by atoms with van der Waals surface area (Å²) in [4.78, 5) is 50.0. The minimum Gasteiger partial charge on any atom is -0.502 e. The predicted molar refractivity (Wildman–Crippen MR) is 113 cm³/mol. The van der Waals surface area contributed by atoms with Gasteiger partial charge >= 0.3 is 11.7 Å². The van der Waals surface area contributed by atoms with Crippen molar-refractivity contribution in [2.24, 2.45) is 0 Å². The van der Waals surface area contributed by atoms with Crippen LogP contribution < -0.4 is 11.2 Å². The number of rotatable bonds is 7. The molecule has 1 aromatic heterocycles. The highest BCUT2D eigenvalue weighted by Crippen LogP contribution is 2.05. The van der Waals surface area contributed by atoms with Gasteiger partial charge in [-0.05, 0) is 11.1 Å². The molecule has 1 N–H and O–H groups in total. The number of ether oxygens (including phenoxy) is 1. The molecule has 0 atom stereocenters. The van der Waals surface area contributed by atoms with E-state index in [0.29, 0.717) is 11.6 Å². The fourth-order valence-corrected chi connectivity index (χ4v) is 2.99. The molecule has 0 fully saturated rings. The smallest absolute Gasteiger partial charge is 0.373 e. The molecule has 0 aliphatic heterocycles. The quantitative estimate of drug-likeness (QED) is 0.271. The van der Waals surface area contributed by atoms with Crippen LogP contribution in [0, 0.1) is 0 Å². The number of ketones is 1. The number of nitrogens with zero attached hydrogens (tertiary/aromatic N) is 2. The first-order chi connectivity index (χ1) is 14.9. The van der Waals surface area contributed by atoms with Gasteiger partial charge in [-0.1, -0.05) is 60.7 Å². The molecule has 1 heterocycles. The standard InChI is InChI=1S/C23H20N2O6/c1-31-22(29)20(27)12-19(26)18-15-24(13-16-8-4-2-5-9-16)23(30)25(21(18)28)14-17-10-6-3-7-11-17/h2-12,15,27H,13-14H2,1H3/b20-12-. The van der Waals surface area contributed by atoms with Gasteiger partial charge in [0.05, 0.1) is 20.2 Å². The minimum absolute atomic E-state index is 0.0406. The Balaban J connectivity index is 2.13. The molecule has 3 aromatic rings. The zero-order valence-electron chi connectivity index (χ0n) is 16.7. The van der Waals surface area contributed by atoms with E-state index in [0.717, 1.165) is 23.4 Å². The Bertz CT molecular complexity index is 1240. The lowest BCUT2D eigenvalue weighted by Gasteiger charge is -2.13. The van der Waals surface area contributed by atoms with Gasteiger partial charge in [-0.15, -0.1) is 0 Å². The summed E-state index contributed by atoms with van der Waals surface area (Å²) in [6, 6.07) is 17.9. The van der Waals surface area contributed by atoms with Gasteiger partial charge < -0.3 is 9.84 Å². The molecule has 2 aromatic carbocycles. The maximum atomic E-state index is 13.0. The Morgan fingerprint density at radius 2 is 1.48 bits per heavy atom. The first-order valence-electron chi connectivity index (χ1n) is 9.36. The van der Waals surface area contributed by atoms with Crippen molar-refractivity contribution in [3.05, 3.63) is 116 Å². The molecule has 0 spiro atoms. The Morgan fingerprint density at radius 1 is 0.935 bits per heavy atom. The normalized spacial score (nSPS) is 11.2. The number of hydrogen-bond acceptors (Lipinski definition) is 6. The topological polar surface area (TPSA) is 108 Å². The number of aliphatic hydroxyl groups excluding tert-OH is 1. The van der Waals surface area contributed by atoms with Crippen LogP contribution in [-0.4, -0.2) is 33.1 Å². The van der Waals surface area contributed by atoms with E-state index in [9.17, 15) is 24.3 Å². The molecule has 8 heteroatoms. The van der Waals surface area contributed by atoms with Crippen LogP contribution in [0.2, 0.25) is 0 Å². The van der Waals surface area contributed by atoms with Crippen LogP contribution in [-0.2, 0) is 22.6 Å². The van der Waals surface area contributed by atoms with Gasteiger partial charge in [0.15, 0.2) is 5.78 Å². The van der Waals surface area contributed by atoms with Crippen LogP contribution >= 0.6 is 0 Å². The lowest BCUT2D eigenvalue weighted by Crippen LogP contribution is -2.42. The average Bonchev–Trinajstić information content (AvgIpc) is 2.79. The van der Waals surface area contributed by atoms with Crippen molar-refractivity contribution in [1.82, 2.24) is 9.13 Å². The van der Waals surface area contributed by atoms with Crippen molar-refractivity contribution >= 4 is 11.8 Å². The van der Waals surface area contributed by atoms with E-state index in [1.165, 1.54) is 4.57 Å². The average molecular weight is 420 g/mol. The summed E-state index contributed by atoms with van der Waals surface area (Å²) in [5, 5.41) is 9.69. The molecule has 0 aliphatic carbocycles. The second-order valence-electron chi connectivity index (χ2n) is 6.70. The number of methoxy groups -OCH3 is 1. The fraction of sp³-hybridized carbons (Fsp3) is 0.130. The van der Waals surface area contributed by atoms with E-state index in [1.54, 1.807) is 30.3 Å². The van der Waals surface area contributed by atoms with Crippen molar-refractivity contribution in [2.45, 2.75) is 13.1 Å². The van der Waals surface area contributed by atoms with Crippen molar-refractivity contribution in [3.63, 3.8) is 0 Å². The molecule has 0 amide bonds. The lowest BCUT2D eigenvalue weighted by atomic mass is 10.1. The Hall–Kier alpha value is -4.20. The summed E-state index contributed by atoms with van der Waals surface area (Å²) in [6.45, 7) is 0.0861. The second kappa shape index (κ2) is 9.53. The third-order valence-corrected chi connectivity index (χ3v) is 4.54. The Morgan fingerprint density at radius 3 is 2.03 bits per heavy atom. The number of allylic oxidation sites excluding steroid dienone is 1. The van der Waals surface area contributed by atoms with Gasteiger partial charge in [0, 0.05) is 12.3 Å². The largest absolute Gasteiger partial charge is 0.502 e. The number of hydrogen-bond donors (Lipinski definition) is 1. The van der Waals surface area contributed by atoms with Crippen LogP contribution in [0.4, 0.5) is 0 Å². The highest BCUT2D eigenvalue weighted by atomic mass is 16.5. The zero-order valence-corrected chi connectivity index (χ0v) is 16.7. The molecule has 8 nitrogen and oxygen atoms in total. The zero-order chi connectivity index (χ0) is 22.4. The van der Waals surface area contributed by atoms with Crippen molar-refractivity contribution in [1.29, 1.82) is 0 Å². The van der Waals surface area contributed by atoms with Gasteiger partial charge in [-0.3, -0.25) is 18.7 Å². The highest BCUT2D eigenvalue weighted by Gasteiger charge is 2.19. The number of esters is 1. The monoisotopic (exact) mass is 420 g/mol. The van der Waals surface area contributed by atoms with Gasteiger partial charge in [-0.2, -0.15) is 0 Å². The number of aliphatic hydroxyl groups is 1. The molecule has 0 bridgehead atoms. The van der Waals surface area contributed by atoms with Gasteiger partial charge in [0.25, 0.3) is 5.56 Å². The first kappa shape index (κ1) is 21.5. The maximum Gasteiger partial charge on any atom is 0.373 e. The van der Waals surface area contributed by atoms with Crippen molar-refractivity contribution < 1.29 is 19.4 Å². The third kappa shape index (κ3) is 5.05. The molecule has 0 radical (unpaired) electrons. The van der Waals surface area contributed by atoms with E-state index >= 15 is 0 Å². The minimum atomic E-state index is -1.12. The molecular formula is C23H20N2O6. The number of aromatic nitrogens is 2. The predicted octanol–water partition coefficient (Wildman–Crippen LogP) is 1.90. The molecule has 3 rings (SSSR count). The summed E-state index contributed by atoms with van der Waals surface area (Å²) < 4.78 is 6.55. The summed E-state index contributed by atoms with van der Waals surface area (Å²) in [7, 11) is 1.05. The van der Waals surface area contributed by atoms with E-state index in [-0.39, 0.29) is 18.7 Å². The van der Waals surface area contributed by atoms with Crippen LogP contribution in [0.15, 0.2) is 88.3 Å². The fourth-order valence-electron chi connectivity index (χ4n) is 2.99. The second-order valence-corrected chi connectivity index (χ2v) is 6.70. The molecule has 0 aliphatic rings. The molecule has 0 saturated carbocycles. The lowest BCUT2D eigenvalue weighted by molar-refractivity contribution is -0.139. The first-order valence-corrected chi connectivity index (χ1v) is 9.36. The summed E-state index contributed by atoms with van der Waals surface area (Å²) in [5.41, 5.74) is -0.277. The van der Waals surface area contributed by atoms with E-state index in [2.05, 4.69) is 4.74 Å². The van der Waals surface area contributed by atoms with Crippen LogP contribution in [0.25, 0.3) is 0 Å². The van der Waals surface area contributed by atoms with Gasteiger partial charge in [0.1, 0.15) is 5.56 Å². The van der Waals surface area contributed by atoms with Crippen LogP contribution in [0.5, 0.6) is 0 Å². The Labute approximate surface area is 177 Å². The highest BCUT2D eigenvalue weighted by molar-refractivity contribution is 6.07. The molecule has 0 unspecified atom stereocenters.